The van der Waals surface area contributed by atoms with E-state index in [-0.39, 0.29) is 5.97 Å². The zero-order chi connectivity index (χ0) is 15.6. The maximum absolute atomic E-state index is 11.5. The molecule has 0 unspecified atom stereocenters. The molecule has 0 amide bonds. The zero-order valence-corrected chi connectivity index (χ0v) is 13.3. The Hall–Kier alpha value is -1.30. The molecule has 21 heavy (non-hydrogen) atoms. The lowest BCUT2D eigenvalue weighted by molar-refractivity contribution is -0.143. The largest absolute Gasteiger partial charge is 0.466 e. The van der Waals surface area contributed by atoms with Crippen molar-refractivity contribution in [2.24, 2.45) is 0 Å². The normalized spacial score (nSPS) is 10.0. The highest BCUT2D eigenvalue weighted by Crippen LogP contribution is 2.09. The number of carbonyl (C=O) groups is 2. The minimum absolute atomic E-state index is 0.0698. The first-order valence-electron chi connectivity index (χ1n) is 8.34. The van der Waals surface area contributed by atoms with E-state index in [1.54, 1.807) is 0 Å². The van der Waals surface area contributed by atoms with Crippen molar-refractivity contribution in [2.45, 2.75) is 83.5 Å². The molecule has 120 valence electrons. The number of aldehydes is 1. The van der Waals surface area contributed by atoms with Gasteiger partial charge >= 0.3 is 5.97 Å². The summed E-state index contributed by atoms with van der Waals surface area (Å²) in [5.74, 6) is 2.55. The zero-order valence-electron chi connectivity index (χ0n) is 13.3. The van der Waals surface area contributed by atoms with Gasteiger partial charge in [0.2, 0.25) is 0 Å². The lowest BCUT2D eigenvalue weighted by Crippen LogP contribution is -2.05. The van der Waals surface area contributed by atoms with Gasteiger partial charge in [-0.1, -0.05) is 38.5 Å². The molecular weight excluding hydrogens is 264 g/mol. The summed E-state index contributed by atoms with van der Waals surface area (Å²) in [6.45, 7) is 0.542. The van der Waals surface area contributed by atoms with Crippen molar-refractivity contribution < 1.29 is 14.3 Å². The fourth-order valence-corrected chi connectivity index (χ4v) is 2.14. The molecule has 0 fully saturated rings. The van der Waals surface area contributed by atoms with Gasteiger partial charge in [0.05, 0.1) is 6.61 Å². The van der Waals surface area contributed by atoms with Crippen LogP contribution in [0.2, 0.25) is 0 Å². The van der Waals surface area contributed by atoms with Gasteiger partial charge in [0.15, 0.2) is 0 Å². The highest BCUT2D eigenvalue weighted by atomic mass is 16.5. The summed E-state index contributed by atoms with van der Waals surface area (Å²) in [4.78, 5) is 21.6. The molecule has 0 aromatic carbocycles. The standard InChI is InChI=1S/C18H30O3/c1-2-3-4-5-11-14-17-21-18(20)15-12-9-7-6-8-10-13-16-19/h1,16H,3-15,17H2. The lowest BCUT2D eigenvalue weighted by Gasteiger charge is -2.05. The van der Waals surface area contributed by atoms with Crippen molar-refractivity contribution in [3.63, 3.8) is 0 Å². The molecule has 0 aliphatic carbocycles. The quantitative estimate of drug-likeness (QED) is 0.194. The number of carbonyl (C=O) groups excluding carboxylic acids is 2. The Balaban J connectivity index is 3.16. The number of unbranched alkanes of at least 4 members (excludes halogenated alkanes) is 10. The Morgan fingerprint density at radius 2 is 1.52 bits per heavy atom. The molecule has 3 nitrogen and oxygen atoms in total. The third-order valence-electron chi connectivity index (χ3n) is 3.43. The molecule has 0 N–H and O–H groups in total. The van der Waals surface area contributed by atoms with E-state index < -0.39 is 0 Å². The smallest absolute Gasteiger partial charge is 0.305 e. The Bertz CT molecular complexity index is 291. The van der Waals surface area contributed by atoms with Crippen LogP contribution in [0.4, 0.5) is 0 Å². The SMILES string of the molecule is C#CCCCCCCOC(=O)CCCCCCCCC=O. The van der Waals surface area contributed by atoms with Crippen molar-refractivity contribution >= 4 is 12.3 Å². The fraction of sp³-hybridized carbons (Fsp3) is 0.778. The molecule has 0 bridgehead atoms. The molecule has 0 radical (unpaired) electrons. The van der Waals surface area contributed by atoms with Gasteiger partial charge in [-0.2, -0.15) is 0 Å². The van der Waals surface area contributed by atoms with Crippen molar-refractivity contribution in [3.8, 4) is 12.3 Å². The maximum Gasteiger partial charge on any atom is 0.305 e. The summed E-state index contributed by atoms with van der Waals surface area (Å²) in [5, 5.41) is 0. The number of esters is 1. The van der Waals surface area contributed by atoms with Crippen LogP contribution in [0, 0.1) is 12.3 Å². The van der Waals surface area contributed by atoms with Gasteiger partial charge in [-0.25, -0.2) is 0 Å². The van der Waals surface area contributed by atoms with E-state index in [9.17, 15) is 9.59 Å². The van der Waals surface area contributed by atoms with E-state index in [0.717, 1.165) is 76.9 Å². The molecule has 0 aromatic heterocycles. The third kappa shape index (κ3) is 16.6. The second-order valence-corrected chi connectivity index (χ2v) is 5.42. The lowest BCUT2D eigenvalue weighted by atomic mass is 10.1. The average Bonchev–Trinajstić information content (AvgIpc) is 2.49. The molecule has 3 heteroatoms. The molecule has 0 rings (SSSR count). The summed E-state index contributed by atoms with van der Waals surface area (Å²) in [6, 6.07) is 0. The van der Waals surface area contributed by atoms with Crippen LogP contribution >= 0.6 is 0 Å². The third-order valence-corrected chi connectivity index (χ3v) is 3.43. The van der Waals surface area contributed by atoms with E-state index in [1.165, 1.54) is 0 Å². The first kappa shape index (κ1) is 19.7. The highest BCUT2D eigenvalue weighted by Gasteiger charge is 2.02. The Labute approximate surface area is 129 Å². The monoisotopic (exact) mass is 294 g/mol. The van der Waals surface area contributed by atoms with Crippen LogP contribution in [0.25, 0.3) is 0 Å². The van der Waals surface area contributed by atoms with Gasteiger partial charge in [-0.15, -0.1) is 12.3 Å². The molecular formula is C18H30O3. The first-order valence-corrected chi connectivity index (χ1v) is 8.34. The summed E-state index contributed by atoms with van der Waals surface area (Å²) in [7, 11) is 0. The number of hydrogen-bond donors (Lipinski definition) is 0. The van der Waals surface area contributed by atoms with Gasteiger partial charge in [0.1, 0.15) is 6.29 Å². The van der Waals surface area contributed by atoms with Gasteiger partial charge in [0.25, 0.3) is 0 Å². The summed E-state index contributed by atoms with van der Waals surface area (Å²) >= 11 is 0. The second-order valence-electron chi connectivity index (χ2n) is 5.42. The number of rotatable bonds is 15. The Morgan fingerprint density at radius 1 is 0.905 bits per heavy atom. The Morgan fingerprint density at radius 3 is 2.24 bits per heavy atom. The molecule has 0 aromatic rings. The second kappa shape index (κ2) is 16.8. The van der Waals surface area contributed by atoms with Crippen LogP contribution in [0.3, 0.4) is 0 Å². The van der Waals surface area contributed by atoms with Gasteiger partial charge in [0, 0.05) is 19.3 Å². The van der Waals surface area contributed by atoms with Crippen LogP contribution in [0.1, 0.15) is 83.5 Å². The highest BCUT2D eigenvalue weighted by molar-refractivity contribution is 5.69. The Kier molecular flexibility index (Phi) is 15.7. The van der Waals surface area contributed by atoms with Gasteiger partial charge in [-0.3, -0.25) is 4.79 Å². The van der Waals surface area contributed by atoms with Crippen LogP contribution in [-0.4, -0.2) is 18.9 Å². The summed E-state index contributed by atoms with van der Waals surface area (Å²) in [5.41, 5.74) is 0. The number of terminal acetylenes is 1. The van der Waals surface area contributed by atoms with Gasteiger partial charge < -0.3 is 9.53 Å². The van der Waals surface area contributed by atoms with Crippen molar-refractivity contribution in [3.05, 3.63) is 0 Å². The van der Waals surface area contributed by atoms with E-state index in [2.05, 4.69) is 5.92 Å². The average molecular weight is 294 g/mol. The van der Waals surface area contributed by atoms with E-state index >= 15 is 0 Å². The number of ether oxygens (including phenoxy) is 1. The first-order chi connectivity index (χ1) is 10.3. The van der Waals surface area contributed by atoms with Gasteiger partial charge in [-0.05, 0) is 25.7 Å². The predicted molar refractivity (Wildman–Crippen MR) is 85.9 cm³/mol. The predicted octanol–water partition coefficient (Wildman–Crippen LogP) is 4.43. The fourth-order valence-electron chi connectivity index (χ4n) is 2.14. The van der Waals surface area contributed by atoms with E-state index in [1.807, 2.05) is 0 Å². The molecule has 0 aliphatic rings. The summed E-state index contributed by atoms with van der Waals surface area (Å²) < 4.78 is 5.19. The van der Waals surface area contributed by atoms with E-state index in [4.69, 9.17) is 11.2 Å². The van der Waals surface area contributed by atoms with Crippen molar-refractivity contribution in [1.29, 1.82) is 0 Å². The number of hydrogen-bond acceptors (Lipinski definition) is 3. The van der Waals surface area contributed by atoms with Crippen LogP contribution in [-0.2, 0) is 14.3 Å². The molecule has 0 aliphatic heterocycles. The molecule has 0 saturated heterocycles. The van der Waals surface area contributed by atoms with Crippen molar-refractivity contribution in [2.75, 3.05) is 6.61 Å². The summed E-state index contributed by atoms with van der Waals surface area (Å²) in [6.07, 6.45) is 18.8. The van der Waals surface area contributed by atoms with E-state index in [0.29, 0.717) is 19.4 Å². The topological polar surface area (TPSA) is 43.4 Å². The molecule has 0 saturated carbocycles. The maximum atomic E-state index is 11.5. The molecule has 0 atom stereocenters. The van der Waals surface area contributed by atoms with Crippen LogP contribution in [0.15, 0.2) is 0 Å². The van der Waals surface area contributed by atoms with Crippen LogP contribution < -0.4 is 0 Å². The minimum Gasteiger partial charge on any atom is -0.466 e. The van der Waals surface area contributed by atoms with Crippen molar-refractivity contribution in [1.82, 2.24) is 0 Å². The molecule has 0 heterocycles. The van der Waals surface area contributed by atoms with Crippen LogP contribution in [0.5, 0.6) is 0 Å². The molecule has 0 spiro atoms. The minimum atomic E-state index is -0.0698.